The summed E-state index contributed by atoms with van der Waals surface area (Å²) in [6.07, 6.45) is 1.50. The van der Waals surface area contributed by atoms with E-state index in [4.69, 9.17) is 0 Å². The average molecular weight is 369 g/mol. The number of nitrogens with one attached hydrogen (secondary N) is 1. The number of nitrogens with zero attached hydrogens (tertiary/aromatic N) is 1. The van der Waals surface area contributed by atoms with Crippen molar-refractivity contribution in [2.75, 3.05) is 29.5 Å². The third-order valence-corrected chi connectivity index (χ3v) is 7.85. The lowest BCUT2D eigenvalue weighted by Gasteiger charge is -2.27. The number of para-hydroxylation sites is 1. The first-order valence-corrected chi connectivity index (χ1v) is 11.0. The Morgan fingerprint density at radius 3 is 2.88 bits per heavy atom. The first-order valence-electron chi connectivity index (χ1n) is 8.30. The lowest BCUT2D eigenvalue weighted by molar-refractivity contribution is -0.118. The van der Waals surface area contributed by atoms with E-state index in [1.165, 1.54) is 0 Å². The third kappa shape index (κ3) is 3.95. The molecule has 0 aliphatic carbocycles. The lowest BCUT2D eigenvalue weighted by Crippen LogP contribution is -2.49. The van der Waals surface area contributed by atoms with Gasteiger partial charge < -0.3 is 10.2 Å². The van der Waals surface area contributed by atoms with E-state index in [0.717, 1.165) is 17.0 Å². The largest absolute Gasteiger partial charge is 0.310 e. The molecule has 132 valence electrons. The molecule has 5 nitrogen and oxygen atoms in total. The summed E-state index contributed by atoms with van der Waals surface area (Å²) in [6, 6.07) is 7.99. The van der Waals surface area contributed by atoms with Gasteiger partial charge in [-0.1, -0.05) is 19.1 Å². The summed E-state index contributed by atoms with van der Waals surface area (Å²) < 4.78 is 23.4. The standard InChI is InChI=1S/C17H24N2O3S2/c1-13-7-9-19(14-5-3-4-6-15(14)23-13)16(20)11-18-17(2)8-10-24(21,22)12-17/h3-6,13,18H,7-12H2,1-2H3. The molecule has 2 heterocycles. The Hall–Kier alpha value is -1.05. The molecule has 24 heavy (non-hydrogen) atoms. The monoisotopic (exact) mass is 368 g/mol. The van der Waals surface area contributed by atoms with Crippen molar-refractivity contribution in [3.8, 4) is 0 Å². The first-order chi connectivity index (χ1) is 11.3. The van der Waals surface area contributed by atoms with Crippen LogP contribution in [0.5, 0.6) is 0 Å². The van der Waals surface area contributed by atoms with Gasteiger partial charge in [-0.2, -0.15) is 0 Å². The summed E-state index contributed by atoms with van der Waals surface area (Å²) in [5, 5.41) is 3.66. The second kappa shape index (κ2) is 6.69. The molecule has 1 amide bonds. The van der Waals surface area contributed by atoms with Gasteiger partial charge in [0, 0.05) is 22.2 Å². The summed E-state index contributed by atoms with van der Waals surface area (Å²) in [4.78, 5) is 15.8. The predicted octanol–water partition coefficient (Wildman–Crippen LogP) is 2.07. The molecule has 2 aliphatic rings. The Morgan fingerprint density at radius 2 is 2.17 bits per heavy atom. The quantitative estimate of drug-likeness (QED) is 0.885. The molecule has 1 N–H and O–H groups in total. The molecular weight excluding hydrogens is 344 g/mol. The van der Waals surface area contributed by atoms with E-state index >= 15 is 0 Å². The summed E-state index contributed by atoms with van der Waals surface area (Å²) >= 11 is 1.80. The van der Waals surface area contributed by atoms with Crippen LogP contribution in [0.2, 0.25) is 0 Å². The van der Waals surface area contributed by atoms with Crippen molar-refractivity contribution in [3.63, 3.8) is 0 Å². The second-order valence-corrected chi connectivity index (χ2v) is 10.7. The Morgan fingerprint density at radius 1 is 1.42 bits per heavy atom. The van der Waals surface area contributed by atoms with E-state index < -0.39 is 15.4 Å². The normalized spacial score (nSPS) is 29.1. The van der Waals surface area contributed by atoms with Crippen molar-refractivity contribution in [2.24, 2.45) is 0 Å². The molecule has 1 aromatic rings. The number of rotatable bonds is 3. The molecular formula is C17H24N2O3S2. The molecule has 1 saturated heterocycles. The smallest absolute Gasteiger partial charge is 0.240 e. The number of carbonyl (C=O) groups excluding carboxylic acids is 1. The van der Waals surface area contributed by atoms with E-state index in [9.17, 15) is 13.2 Å². The second-order valence-electron chi connectivity index (χ2n) is 6.99. The molecule has 0 saturated carbocycles. The van der Waals surface area contributed by atoms with Gasteiger partial charge in [-0.3, -0.25) is 4.79 Å². The van der Waals surface area contributed by atoms with Gasteiger partial charge >= 0.3 is 0 Å². The van der Waals surface area contributed by atoms with Crippen LogP contribution >= 0.6 is 11.8 Å². The van der Waals surface area contributed by atoms with Crippen LogP contribution < -0.4 is 10.2 Å². The summed E-state index contributed by atoms with van der Waals surface area (Å²) in [6.45, 7) is 4.93. The number of anilines is 1. The van der Waals surface area contributed by atoms with Crippen LogP contribution in [0.25, 0.3) is 0 Å². The van der Waals surface area contributed by atoms with Gasteiger partial charge in [0.25, 0.3) is 0 Å². The van der Waals surface area contributed by atoms with Crippen molar-refractivity contribution in [3.05, 3.63) is 24.3 Å². The zero-order valence-electron chi connectivity index (χ0n) is 14.1. The summed E-state index contributed by atoms with van der Waals surface area (Å²) in [7, 11) is -2.98. The van der Waals surface area contributed by atoms with Crippen molar-refractivity contribution in [2.45, 2.75) is 42.4 Å². The number of amides is 1. The predicted molar refractivity (Wildman–Crippen MR) is 98.4 cm³/mol. The average Bonchev–Trinajstić information content (AvgIpc) is 2.70. The number of sulfone groups is 1. The zero-order valence-corrected chi connectivity index (χ0v) is 15.8. The number of hydrogen-bond acceptors (Lipinski definition) is 5. The third-order valence-electron chi connectivity index (χ3n) is 4.71. The number of thioether (sulfide) groups is 1. The molecule has 3 rings (SSSR count). The van der Waals surface area contributed by atoms with E-state index in [-0.39, 0.29) is 24.0 Å². The van der Waals surface area contributed by atoms with Gasteiger partial charge in [-0.25, -0.2) is 8.42 Å². The van der Waals surface area contributed by atoms with E-state index in [2.05, 4.69) is 18.3 Å². The number of hydrogen-bond donors (Lipinski definition) is 1. The lowest BCUT2D eigenvalue weighted by atomic mass is 10.0. The van der Waals surface area contributed by atoms with Crippen molar-refractivity contribution >= 4 is 33.2 Å². The minimum atomic E-state index is -2.98. The number of carbonyl (C=O) groups is 1. The fraction of sp³-hybridized carbons (Fsp3) is 0.588. The minimum Gasteiger partial charge on any atom is -0.310 e. The van der Waals surface area contributed by atoms with Crippen molar-refractivity contribution < 1.29 is 13.2 Å². The first kappa shape index (κ1) is 17.8. The minimum absolute atomic E-state index is 0.00247. The molecule has 1 fully saturated rings. The van der Waals surface area contributed by atoms with Crippen molar-refractivity contribution in [1.82, 2.24) is 5.32 Å². The number of benzene rings is 1. The molecule has 7 heteroatoms. The fourth-order valence-corrected chi connectivity index (χ4v) is 6.52. The Bertz CT molecular complexity index is 735. The zero-order chi connectivity index (χ0) is 17.4. The topological polar surface area (TPSA) is 66.5 Å². The molecule has 2 aliphatic heterocycles. The fourth-order valence-electron chi connectivity index (χ4n) is 3.28. The van der Waals surface area contributed by atoms with Crippen LogP contribution in [-0.4, -0.2) is 49.7 Å². The highest BCUT2D eigenvalue weighted by molar-refractivity contribution is 8.00. The molecule has 2 atom stereocenters. The van der Waals surface area contributed by atoms with Gasteiger partial charge in [0.2, 0.25) is 5.91 Å². The molecule has 0 spiro atoms. The van der Waals surface area contributed by atoms with Crippen LogP contribution in [0.1, 0.15) is 26.7 Å². The van der Waals surface area contributed by atoms with Crippen LogP contribution in [-0.2, 0) is 14.6 Å². The van der Waals surface area contributed by atoms with Gasteiger partial charge in [0.15, 0.2) is 9.84 Å². The van der Waals surface area contributed by atoms with Crippen LogP contribution in [0.15, 0.2) is 29.2 Å². The van der Waals surface area contributed by atoms with Gasteiger partial charge in [0.05, 0.1) is 23.7 Å². The molecule has 0 radical (unpaired) electrons. The van der Waals surface area contributed by atoms with Gasteiger partial charge in [-0.05, 0) is 31.9 Å². The number of fused-ring (bicyclic) bond motifs is 1. The van der Waals surface area contributed by atoms with Crippen molar-refractivity contribution in [1.29, 1.82) is 0 Å². The highest BCUT2D eigenvalue weighted by Gasteiger charge is 2.38. The Labute approximate surface area is 148 Å². The van der Waals surface area contributed by atoms with E-state index in [1.54, 1.807) is 11.8 Å². The van der Waals surface area contributed by atoms with Gasteiger partial charge in [0.1, 0.15) is 0 Å². The summed E-state index contributed by atoms with van der Waals surface area (Å²) in [5.41, 5.74) is 0.463. The summed E-state index contributed by atoms with van der Waals surface area (Å²) in [5.74, 6) is 0.310. The highest BCUT2D eigenvalue weighted by atomic mass is 32.2. The van der Waals surface area contributed by atoms with E-state index in [0.29, 0.717) is 18.2 Å². The van der Waals surface area contributed by atoms with Crippen LogP contribution in [0.4, 0.5) is 5.69 Å². The molecule has 0 aromatic heterocycles. The van der Waals surface area contributed by atoms with E-state index in [1.807, 2.05) is 30.0 Å². The Balaban J connectivity index is 1.71. The highest BCUT2D eigenvalue weighted by Crippen LogP contribution is 2.37. The molecule has 2 unspecified atom stereocenters. The maximum atomic E-state index is 12.8. The molecule has 0 bridgehead atoms. The Kier molecular flexibility index (Phi) is 4.95. The maximum Gasteiger partial charge on any atom is 0.240 e. The van der Waals surface area contributed by atoms with Crippen LogP contribution in [0.3, 0.4) is 0 Å². The van der Waals surface area contributed by atoms with Gasteiger partial charge in [-0.15, -0.1) is 11.8 Å². The molecule has 1 aromatic carbocycles. The SMILES string of the molecule is CC1CCN(C(=O)CNC2(C)CCS(=O)(=O)C2)c2ccccc2S1. The maximum absolute atomic E-state index is 12.8. The van der Waals surface area contributed by atoms with Crippen LogP contribution in [0, 0.1) is 0 Å².